The lowest BCUT2D eigenvalue weighted by Crippen LogP contribution is -2.29. The normalized spacial score (nSPS) is 12.9. The minimum Gasteiger partial charge on any atom is -0.371 e. The smallest absolute Gasteiger partial charge is 0.323 e. The van der Waals surface area contributed by atoms with Gasteiger partial charge in [-0.1, -0.05) is 48.0 Å². The first-order chi connectivity index (χ1) is 16.1. The van der Waals surface area contributed by atoms with Crippen molar-refractivity contribution in [2.75, 3.05) is 35.2 Å². The first kappa shape index (κ1) is 22.7. The van der Waals surface area contributed by atoms with Crippen LogP contribution in [0.25, 0.3) is 0 Å². The third-order valence-electron chi connectivity index (χ3n) is 5.57. The lowest BCUT2D eigenvalue weighted by atomic mass is 10.1. The van der Waals surface area contributed by atoms with Crippen LogP contribution in [0.1, 0.15) is 28.8 Å². The number of carbonyl (C=O) groups excluding carboxylic acids is 2. The van der Waals surface area contributed by atoms with Crippen LogP contribution in [-0.4, -0.2) is 31.6 Å². The van der Waals surface area contributed by atoms with Gasteiger partial charge in [0.2, 0.25) is 0 Å². The molecule has 170 valence electrons. The van der Waals surface area contributed by atoms with Crippen molar-refractivity contribution in [1.29, 1.82) is 0 Å². The monoisotopic (exact) mass is 462 g/mol. The quantitative estimate of drug-likeness (QED) is 0.430. The van der Waals surface area contributed by atoms with Gasteiger partial charge in [-0.25, -0.2) is 4.79 Å². The Labute approximate surface area is 198 Å². The maximum Gasteiger partial charge on any atom is 0.323 e. The average Bonchev–Trinajstić information content (AvgIpc) is 3.34. The van der Waals surface area contributed by atoms with Crippen LogP contribution in [0.5, 0.6) is 0 Å². The van der Waals surface area contributed by atoms with Gasteiger partial charge in [0.15, 0.2) is 0 Å². The third kappa shape index (κ3) is 6.26. The number of amides is 3. The Balaban J connectivity index is 1.46. The van der Waals surface area contributed by atoms with Crippen molar-refractivity contribution >= 4 is 40.6 Å². The molecule has 33 heavy (non-hydrogen) atoms. The van der Waals surface area contributed by atoms with E-state index in [0.717, 1.165) is 38.0 Å². The molecular weight excluding hydrogens is 436 g/mol. The van der Waals surface area contributed by atoms with Gasteiger partial charge in [-0.2, -0.15) is 0 Å². The van der Waals surface area contributed by atoms with Crippen LogP contribution in [0.3, 0.4) is 0 Å². The van der Waals surface area contributed by atoms with Gasteiger partial charge in [-0.05, 0) is 61.2 Å². The molecule has 3 N–H and O–H groups in total. The molecule has 6 nitrogen and oxygen atoms in total. The van der Waals surface area contributed by atoms with E-state index in [1.54, 1.807) is 30.3 Å². The number of benzene rings is 3. The zero-order valence-electron chi connectivity index (χ0n) is 18.3. The van der Waals surface area contributed by atoms with E-state index in [0.29, 0.717) is 28.5 Å². The van der Waals surface area contributed by atoms with Crippen molar-refractivity contribution < 1.29 is 9.59 Å². The largest absolute Gasteiger partial charge is 0.371 e. The highest BCUT2D eigenvalue weighted by Crippen LogP contribution is 2.28. The van der Waals surface area contributed by atoms with Crippen LogP contribution in [0.4, 0.5) is 21.9 Å². The molecule has 0 unspecified atom stereocenters. The zero-order chi connectivity index (χ0) is 23.0. The van der Waals surface area contributed by atoms with E-state index in [1.165, 1.54) is 5.56 Å². The zero-order valence-corrected chi connectivity index (χ0v) is 19.1. The van der Waals surface area contributed by atoms with E-state index < -0.39 is 6.03 Å². The second-order valence-electron chi connectivity index (χ2n) is 8.01. The fourth-order valence-electron chi connectivity index (χ4n) is 3.95. The number of nitrogens with zero attached hydrogens (tertiary/aromatic N) is 1. The van der Waals surface area contributed by atoms with E-state index in [2.05, 4.69) is 20.9 Å². The topological polar surface area (TPSA) is 73.5 Å². The van der Waals surface area contributed by atoms with Gasteiger partial charge in [-0.3, -0.25) is 4.79 Å². The molecule has 1 aliphatic rings. The molecule has 3 aromatic carbocycles. The molecule has 0 saturated carbocycles. The van der Waals surface area contributed by atoms with Crippen LogP contribution in [-0.2, 0) is 6.42 Å². The minimum atomic E-state index is -0.401. The highest BCUT2D eigenvalue weighted by Gasteiger charge is 2.20. The molecule has 3 aromatic rings. The number of anilines is 3. The van der Waals surface area contributed by atoms with Crippen LogP contribution in [0.15, 0.2) is 72.8 Å². The second-order valence-corrected chi connectivity index (χ2v) is 8.44. The van der Waals surface area contributed by atoms with E-state index in [4.69, 9.17) is 11.6 Å². The Morgan fingerprint density at radius 2 is 1.58 bits per heavy atom. The lowest BCUT2D eigenvalue weighted by Gasteiger charge is -2.22. The predicted molar refractivity (Wildman–Crippen MR) is 134 cm³/mol. The van der Waals surface area contributed by atoms with Crippen molar-refractivity contribution in [3.8, 4) is 0 Å². The van der Waals surface area contributed by atoms with E-state index in [-0.39, 0.29) is 5.91 Å². The van der Waals surface area contributed by atoms with Gasteiger partial charge < -0.3 is 20.9 Å². The number of carbonyl (C=O) groups is 2. The van der Waals surface area contributed by atoms with Crippen molar-refractivity contribution in [3.63, 3.8) is 0 Å². The molecule has 0 aliphatic carbocycles. The number of hydrogen-bond donors (Lipinski definition) is 3. The first-order valence-corrected chi connectivity index (χ1v) is 11.5. The molecule has 1 aliphatic heterocycles. The van der Waals surface area contributed by atoms with Crippen LogP contribution in [0, 0.1) is 0 Å². The summed E-state index contributed by atoms with van der Waals surface area (Å²) in [5.41, 5.74) is 3.76. The number of urea groups is 1. The van der Waals surface area contributed by atoms with E-state index >= 15 is 0 Å². The van der Waals surface area contributed by atoms with Crippen LogP contribution >= 0.6 is 11.6 Å². The summed E-state index contributed by atoms with van der Waals surface area (Å²) >= 11 is 5.98. The van der Waals surface area contributed by atoms with Crippen molar-refractivity contribution in [1.82, 2.24) is 5.32 Å². The molecule has 1 saturated heterocycles. The lowest BCUT2D eigenvalue weighted by molar-refractivity contribution is 0.0954. The number of rotatable bonds is 7. The van der Waals surface area contributed by atoms with Gasteiger partial charge in [0.25, 0.3) is 5.91 Å². The predicted octanol–water partition coefficient (Wildman–Crippen LogP) is 5.56. The Bertz CT molecular complexity index is 1110. The average molecular weight is 463 g/mol. The van der Waals surface area contributed by atoms with Gasteiger partial charge >= 0.3 is 6.03 Å². The summed E-state index contributed by atoms with van der Waals surface area (Å²) < 4.78 is 0. The summed E-state index contributed by atoms with van der Waals surface area (Å²) in [5, 5.41) is 9.14. The van der Waals surface area contributed by atoms with Crippen molar-refractivity contribution in [2.45, 2.75) is 19.3 Å². The molecular formula is C26H27ClN4O2. The second kappa shape index (κ2) is 10.9. The fraction of sp³-hybridized carbons (Fsp3) is 0.231. The van der Waals surface area contributed by atoms with Crippen LogP contribution in [0.2, 0.25) is 5.02 Å². The molecule has 4 rings (SSSR count). The van der Waals surface area contributed by atoms with Gasteiger partial charge in [0.05, 0.1) is 5.56 Å². The molecule has 0 spiro atoms. The highest BCUT2D eigenvalue weighted by atomic mass is 35.5. The summed E-state index contributed by atoms with van der Waals surface area (Å²) in [6, 6.07) is 22.1. The standard InChI is InChI=1S/C26H27ClN4O2/c27-20-9-6-10-21(17-20)29-26(33)30-22-11-12-24(31-15-4-5-16-31)23(18-22)25(32)28-14-13-19-7-2-1-3-8-19/h1-3,6-12,17-18H,4-5,13-16H2,(H,28,32)(H2,29,30,33). The highest BCUT2D eigenvalue weighted by molar-refractivity contribution is 6.30. The van der Waals surface area contributed by atoms with E-state index in [1.807, 2.05) is 42.5 Å². The Morgan fingerprint density at radius 3 is 2.30 bits per heavy atom. The molecule has 0 radical (unpaired) electrons. The summed E-state index contributed by atoms with van der Waals surface area (Å²) in [7, 11) is 0. The van der Waals surface area contributed by atoms with Gasteiger partial charge in [0.1, 0.15) is 0 Å². The SMILES string of the molecule is O=C(Nc1cccc(Cl)c1)Nc1ccc(N2CCCC2)c(C(=O)NCCc2ccccc2)c1. The molecule has 0 aromatic heterocycles. The Kier molecular flexibility index (Phi) is 7.47. The molecule has 7 heteroatoms. The molecule has 0 bridgehead atoms. The number of halogens is 1. The summed E-state index contributed by atoms with van der Waals surface area (Å²) in [6.07, 6.45) is 2.97. The Hall–Kier alpha value is -3.51. The first-order valence-electron chi connectivity index (χ1n) is 11.1. The molecule has 1 heterocycles. The van der Waals surface area contributed by atoms with Crippen molar-refractivity contribution in [3.05, 3.63) is 88.9 Å². The molecule has 1 fully saturated rings. The summed E-state index contributed by atoms with van der Waals surface area (Å²) in [6.45, 7) is 2.38. The summed E-state index contributed by atoms with van der Waals surface area (Å²) in [4.78, 5) is 27.8. The van der Waals surface area contributed by atoms with Gasteiger partial charge in [0, 0.05) is 41.7 Å². The maximum atomic E-state index is 13.1. The van der Waals surface area contributed by atoms with Gasteiger partial charge in [-0.15, -0.1) is 0 Å². The molecule has 0 atom stereocenters. The van der Waals surface area contributed by atoms with Crippen molar-refractivity contribution in [2.24, 2.45) is 0 Å². The number of hydrogen-bond acceptors (Lipinski definition) is 3. The maximum absolute atomic E-state index is 13.1. The number of nitrogens with one attached hydrogen (secondary N) is 3. The summed E-state index contributed by atoms with van der Waals surface area (Å²) in [5.74, 6) is -0.147. The Morgan fingerprint density at radius 1 is 0.848 bits per heavy atom. The van der Waals surface area contributed by atoms with E-state index in [9.17, 15) is 9.59 Å². The molecule has 3 amide bonds. The third-order valence-corrected chi connectivity index (χ3v) is 5.81. The fourth-order valence-corrected chi connectivity index (χ4v) is 4.14. The minimum absolute atomic E-state index is 0.147. The van der Waals surface area contributed by atoms with Crippen LogP contribution < -0.4 is 20.9 Å².